The van der Waals surface area contributed by atoms with E-state index in [0.29, 0.717) is 16.0 Å². The summed E-state index contributed by atoms with van der Waals surface area (Å²) in [5.41, 5.74) is 6.90. The number of hydrogen-bond acceptors (Lipinski definition) is 7. The summed E-state index contributed by atoms with van der Waals surface area (Å²) >= 11 is 9.40. The van der Waals surface area contributed by atoms with Crippen LogP contribution in [0.3, 0.4) is 0 Å². The van der Waals surface area contributed by atoms with E-state index in [1.165, 1.54) is 25.3 Å². The van der Waals surface area contributed by atoms with Gasteiger partial charge in [0.1, 0.15) is 0 Å². The van der Waals surface area contributed by atoms with E-state index in [9.17, 15) is 29.1 Å². The van der Waals surface area contributed by atoms with Crippen molar-refractivity contribution in [2.24, 2.45) is 23.5 Å². The Morgan fingerprint density at radius 3 is 2.57 bits per heavy atom. The van der Waals surface area contributed by atoms with Gasteiger partial charge in [-0.3, -0.25) is 19.2 Å². The van der Waals surface area contributed by atoms with Gasteiger partial charge in [-0.2, -0.15) is 4.90 Å². The summed E-state index contributed by atoms with van der Waals surface area (Å²) in [6.45, 7) is 0. The molecule has 35 heavy (non-hydrogen) atoms. The fourth-order valence-electron chi connectivity index (χ4n) is 5.72. The monoisotopic (exact) mass is 560 g/mol. The molecule has 4 amide bonds. The summed E-state index contributed by atoms with van der Waals surface area (Å²) in [5, 5.41) is 10.2. The number of urea groups is 1. The van der Waals surface area contributed by atoms with Gasteiger partial charge in [0.25, 0.3) is 0 Å². The first kappa shape index (κ1) is 23.5. The summed E-state index contributed by atoms with van der Waals surface area (Å²) < 4.78 is 5.33. The van der Waals surface area contributed by atoms with Crippen LogP contribution in [0.2, 0.25) is 5.02 Å². The molecule has 180 valence electrons. The Kier molecular flexibility index (Phi) is 5.48. The average Bonchev–Trinajstić information content (AvgIpc) is 3.08. The smallest absolute Gasteiger partial charge is 0.328 e. The highest BCUT2D eigenvalue weighted by molar-refractivity contribution is 9.12. The maximum absolute atomic E-state index is 13.2. The molecule has 5 rings (SSSR count). The number of nitrogens with zero attached hydrogens (tertiary/aromatic N) is 1. The molecule has 1 saturated heterocycles. The number of fused-ring (bicyclic) bond motifs is 3. The van der Waals surface area contributed by atoms with Crippen molar-refractivity contribution >= 4 is 56.9 Å². The highest BCUT2D eigenvalue weighted by Crippen LogP contribution is 2.56. The van der Waals surface area contributed by atoms with E-state index >= 15 is 0 Å². The van der Waals surface area contributed by atoms with Crippen LogP contribution < -0.4 is 10.5 Å². The van der Waals surface area contributed by atoms with E-state index in [2.05, 4.69) is 15.9 Å². The van der Waals surface area contributed by atoms with E-state index in [-0.39, 0.29) is 50.8 Å². The molecular formula is C24H18BrClN2O7. The number of methoxy groups -OCH3 is 1. The molecule has 4 aliphatic rings. The second kappa shape index (κ2) is 8.17. The SMILES string of the molecule is COc1cc(C2C3=CCC4C(=O)N(C(N)=O)C(=O)C4C3CC3=C2C(=O)C=C(Br)C3=O)cc(Cl)c1O. The second-order valence-corrected chi connectivity index (χ2v) is 10.1. The number of likely N-dealkylation sites (tertiary alicyclic amines) is 1. The Balaban J connectivity index is 1.73. The Labute approximate surface area is 212 Å². The first-order chi connectivity index (χ1) is 16.6. The maximum Gasteiger partial charge on any atom is 0.328 e. The fraction of sp³-hybridized carbons (Fsp3) is 0.292. The summed E-state index contributed by atoms with van der Waals surface area (Å²) in [6, 6.07) is 1.86. The van der Waals surface area contributed by atoms with Gasteiger partial charge < -0.3 is 15.6 Å². The zero-order valence-corrected chi connectivity index (χ0v) is 20.6. The number of ketones is 2. The Hall–Kier alpha value is -3.24. The van der Waals surface area contributed by atoms with Gasteiger partial charge in [-0.05, 0) is 52.4 Å². The Bertz CT molecular complexity index is 1360. The van der Waals surface area contributed by atoms with Gasteiger partial charge in [0.15, 0.2) is 23.1 Å². The maximum atomic E-state index is 13.2. The third-order valence-corrected chi connectivity index (χ3v) is 8.03. The number of aromatic hydroxyl groups is 1. The van der Waals surface area contributed by atoms with Crippen molar-refractivity contribution < 1.29 is 33.8 Å². The number of carbonyl (C=O) groups excluding carboxylic acids is 5. The van der Waals surface area contributed by atoms with E-state index in [1.807, 2.05) is 0 Å². The number of primary amides is 1. The lowest BCUT2D eigenvalue weighted by Crippen LogP contribution is -2.42. The number of ether oxygens (including phenoxy) is 1. The van der Waals surface area contributed by atoms with Crippen molar-refractivity contribution in [1.82, 2.24) is 4.90 Å². The van der Waals surface area contributed by atoms with Crippen molar-refractivity contribution in [1.29, 1.82) is 0 Å². The molecule has 0 aromatic heterocycles. The van der Waals surface area contributed by atoms with E-state index < -0.39 is 47.3 Å². The minimum Gasteiger partial charge on any atom is -0.503 e. The van der Waals surface area contributed by atoms with Crippen LogP contribution in [0.4, 0.5) is 4.79 Å². The molecule has 1 aliphatic heterocycles. The van der Waals surface area contributed by atoms with Gasteiger partial charge in [0, 0.05) is 23.1 Å². The fourth-order valence-corrected chi connectivity index (χ4v) is 6.39. The molecule has 1 aromatic rings. The molecule has 0 bridgehead atoms. The number of phenols is 1. The van der Waals surface area contributed by atoms with Crippen LogP contribution in [0.5, 0.6) is 11.5 Å². The quantitative estimate of drug-likeness (QED) is 0.321. The molecule has 3 N–H and O–H groups in total. The van der Waals surface area contributed by atoms with Crippen LogP contribution >= 0.6 is 27.5 Å². The first-order valence-electron chi connectivity index (χ1n) is 10.7. The van der Waals surface area contributed by atoms with Crippen LogP contribution in [0.1, 0.15) is 24.3 Å². The second-order valence-electron chi connectivity index (χ2n) is 8.80. The molecule has 1 heterocycles. The number of carbonyl (C=O) groups is 5. The van der Waals surface area contributed by atoms with E-state index in [1.54, 1.807) is 6.08 Å². The van der Waals surface area contributed by atoms with Gasteiger partial charge in [-0.25, -0.2) is 4.79 Å². The van der Waals surface area contributed by atoms with Gasteiger partial charge >= 0.3 is 6.03 Å². The largest absolute Gasteiger partial charge is 0.503 e. The molecule has 9 nitrogen and oxygen atoms in total. The topological polar surface area (TPSA) is 144 Å². The number of Topliss-reactive ketones (excluding diaryl/α,β-unsaturated/α-hetero) is 1. The predicted octanol–water partition coefficient (Wildman–Crippen LogP) is 2.89. The van der Waals surface area contributed by atoms with E-state index in [0.717, 1.165) is 0 Å². The summed E-state index contributed by atoms with van der Waals surface area (Å²) in [6.07, 6.45) is 3.20. The summed E-state index contributed by atoms with van der Waals surface area (Å²) in [5.74, 6) is -5.48. The average molecular weight is 562 g/mol. The van der Waals surface area contributed by atoms with Crippen molar-refractivity contribution in [2.75, 3.05) is 7.11 Å². The number of nitrogens with two attached hydrogens (primary N) is 1. The molecule has 0 saturated carbocycles. The first-order valence-corrected chi connectivity index (χ1v) is 11.9. The Morgan fingerprint density at radius 1 is 1.20 bits per heavy atom. The lowest BCUT2D eigenvalue weighted by Gasteiger charge is -2.42. The van der Waals surface area contributed by atoms with Crippen molar-refractivity contribution in [2.45, 2.75) is 18.8 Å². The lowest BCUT2D eigenvalue weighted by molar-refractivity contribution is -0.136. The van der Waals surface area contributed by atoms with Crippen molar-refractivity contribution in [3.05, 3.63) is 56.1 Å². The minimum atomic E-state index is -1.15. The molecule has 4 atom stereocenters. The van der Waals surface area contributed by atoms with Crippen LogP contribution in [0.15, 0.2) is 45.5 Å². The highest BCUT2D eigenvalue weighted by Gasteiger charge is 2.57. The normalized spacial score (nSPS) is 27.8. The Morgan fingerprint density at radius 2 is 1.91 bits per heavy atom. The molecule has 0 radical (unpaired) electrons. The number of phenolic OH excluding ortho intramolecular Hbond substituents is 1. The third kappa shape index (κ3) is 3.30. The highest BCUT2D eigenvalue weighted by atomic mass is 79.9. The number of allylic oxidation sites excluding steroid dienone is 6. The van der Waals surface area contributed by atoms with Crippen molar-refractivity contribution in [3.63, 3.8) is 0 Å². The van der Waals surface area contributed by atoms with Crippen LogP contribution in [0, 0.1) is 17.8 Å². The summed E-state index contributed by atoms with van der Waals surface area (Å²) in [4.78, 5) is 64.6. The zero-order valence-electron chi connectivity index (χ0n) is 18.2. The summed E-state index contributed by atoms with van der Waals surface area (Å²) in [7, 11) is 1.35. The number of benzene rings is 1. The van der Waals surface area contributed by atoms with Gasteiger partial charge in [-0.15, -0.1) is 0 Å². The number of rotatable bonds is 2. The van der Waals surface area contributed by atoms with E-state index in [4.69, 9.17) is 22.1 Å². The van der Waals surface area contributed by atoms with Crippen LogP contribution in [-0.2, 0) is 19.2 Å². The minimum absolute atomic E-state index is 0.0174. The molecule has 11 heteroatoms. The van der Waals surface area contributed by atoms with Gasteiger partial charge in [0.2, 0.25) is 11.8 Å². The van der Waals surface area contributed by atoms with Gasteiger partial charge in [0.05, 0.1) is 28.5 Å². The molecule has 0 spiro atoms. The predicted molar refractivity (Wildman–Crippen MR) is 126 cm³/mol. The van der Waals surface area contributed by atoms with Crippen LogP contribution in [0.25, 0.3) is 0 Å². The third-order valence-electron chi connectivity index (χ3n) is 7.16. The van der Waals surface area contributed by atoms with Crippen molar-refractivity contribution in [3.8, 4) is 11.5 Å². The number of amides is 4. The molecule has 1 fully saturated rings. The zero-order chi connectivity index (χ0) is 25.3. The number of hydrogen-bond donors (Lipinski definition) is 2. The molecule has 3 aliphatic carbocycles. The standard InChI is InChI=1S/C24H18BrClN2O7/c1-35-16-5-8(4-14(26)21(16)31)17-9-2-3-10-18(23(33)28(22(10)32)24(27)34)11(9)6-12-19(17)15(29)7-13(25)20(12)30/h2,4-5,7,10-11,17-18,31H,3,6H2,1H3,(H2,27,34). The number of imide groups is 3. The molecular weight excluding hydrogens is 544 g/mol. The molecule has 1 aromatic carbocycles. The lowest BCUT2D eigenvalue weighted by atomic mass is 9.59. The molecule has 4 unspecified atom stereocenters. The van der Waals surface area contributed by atoms with Crippen LogP contribution in [-0.4, -0.2) is 46.5 Å². The van der Waals surface area contributed by atoms with Gasteiger partial charge in [-0.1, -0.05) is 23.3 Å². The number of halogens is 2.